The lowest BCUT2D eigenvalue weighted by molar-refractivity contribution is 1.18. The van der Waals surface area contributed by atoms with Crippen LogP contribution in [0.1, 0.15) is 0 Å². The largest absolute Gasteiger partial charge is 0.310 e. The van der Waals surface area contributed by atoms with Gasteiger partial charge in [0.15, 0.2) is 0 Å². The van der Waals surface area contributed by atoms with Gasteiger partial charge in [-0.15, -0.1) is 0 Å². The van der Waals surface area contributed by atoms with Gasteiger partial charge in [-0.1, -0.05) is 188 Å². The van der Waals surface area contributed by atoms with Crippen LogP contribution >= 0.6 is 0 Å². The first-order valence-electron chi connectivity index (χ1n) is 19.2. The van der Waals surface area contributed by atoms with Crippen LogP contribution in [0.15, 0.2) is 231 Å². The molecule has 264 valence electrons. The molecule has 2 nitrogen and oxygen atoms in total. The molecule has 1 aromatic heterocycles. The standard InChI is InChI=1S/C54H38N2/c1-5-16-39(17-6-1)41-28-32-45(33-29-41)55(46-34-30-42(31-35-46)40-18-7-2-8-19-40)47-36-37-51-50-24-13-14-27-52(50)56(53(51)38-47)54-48(43-20-9-3-10-21-43)25-15-26-49(54)44-22-11-4-12-23-44/h1-38H. The number of anilines is 3. The van der Waals surface area contributed by atoms with E-state index in [4.69, 9.17) is 0 Å². The zero-order valence-corrected chi connectivity index (χ0v) is 30.8. The van der Waals surface area contributed by atoms with Crippen molar-refractivity contribution in [3.63, 3.8) is 0 Å². The molecule has 0 amide bonds. The maximum atomic E-state index is 2.49. The van der Waals surface area contributed by atoms with Crippen molar-refractivity contribution in [3.8, 4) is 50.2 Å². The number of hydrogen-bond donors (Lipinski definition) is 0. The summed E-state index contributed by atoms with van der Waals surface area (Å²) in [5.74, 6) is 0. The van der Waals surface area contributed by atoms with Gasteiger partial charge in [0.2, 0.25) is 0 Å². The maximum absolute atomic E-state index is 2.49. The molecule has 0 saturated heterocycles. The molecule has 0 aliphatic heterocycles. The topological polar surface area (TPSA) is 8.17 Å². The summed E-state index contributed by atoms with van der Waals surface area (Å²) in [4.78, 5) is 2.38. The quantitative estimate of drug-likeness (QED) is 0.152. The number of aromatic nitrogens is 1. The Kier molecular flexibility index (Phi) is 8.55. The molecule has 0 aliphatic rings. The van der Waals surface area contributed by atoms with Gasteiger partial charge in [0.05, 0.1) is 16.7 Å². The maximum Gasteiger partial charge on any atom is 0.0618 e. The fourth-order valence-corrected chi connectivity index (χ4v) is 8.14. The lowest BCUT2D eigenvalue weighted by Crippen LogP contribution is -2.10. The van der Waals surface area contributed by atoms with E-state index in [1.54, 1.807) is 0 Å². The van der Waals surface area contributed by atoms with E-state index < -0.39 is 0 Å². The lowest BCUT2D eigenvalue weighted by Gasteiger charge is -2.26. The molecule has 0 atom stereocenters. The summed E-state index contributed by atoms with van der Waals surface area (Å²) >= 11 is 0. The second-order valence-corrected chi connectivity index (χ2v) is 14.1. The molecule has 56 heavy (non-hydrogen) atoms. The number of rotatable bonds is 8. The first-order chi connectivity index (χ1) is 27.8. The third kappa shape index (κ3) is 6.04. The van der Waals surface area contributed by atoms with Crippen molar-refractivity contribution in [1.82, 2.24) is 4.57 Å². The highest BCUT2D eigenvalue weighted by atomic mass is 15.1. The summed E-state index contributed by atoms with van der Waals surface area (Å²) in [7, 11) is 0. The second kappa shape index (κ2) is 14.4. The Balaban J connectivity index is 1.21. The minimum atomic E-state index is 1.08. The molecular weight excluding hydrogens is 677 g/mol. The molecule has 0 N–H and O–H groups in total. The van der Waals surface area contributed by atoms with E-state index in [9.17, 15) is 0 Å². The minimum absolute atomic E-state index is 1.08. The third-order valence-corrected chi connectivity index (χ3v) is 10.8. The summed E-state index contributed by atoms with van der Waals surface area (Å²) in [6.45, 7) is 0. The number of hydrogen-bond acceptors (Lipinski definition) is 1. The molecule has 0 spiro atoms. The van der Waals surface area contributed by atoms with Gasteiger partial charge in [0.25, 0.3) is 0 Å². The molecule has 2 heteroatoms. The van der Waals surface area contributed by atoms with E-state index in [0.29, 0.717) is 0 Å². The fraction of sp³-hybridized carbons (Fsp3) is 0. The molecule has 0 aliphatic carbocycles. The van der Waals surface area contributed by atoms with Crippen LogP contribution < -0.4 is 4.90 Å². The third-order valence-electron chi connectivity index (χ3n) is 10.8. The highest BCUT2D eigenvalue weighted by Crippen LogP contribution is 2.44. The smallest absolute Gasteiger partial charge is 0.0618 e. The Morgan fingerprint density at radius 2 is 0.661 bits per heavy atom. The van der Waals surface area contributed by atoms with Gasteiger partial charge in [0, 0.05) is 39.0 Å². The number of benzene rings is 9. The van der Waals surface area contributed by atoms with Crippen LogP contribution in [0.2, 0.25) is 0 Å². The molecule has 1 heterocycles. The molecule has 0 unspecified atom stereocenters. The number of para-hydroxylation sites is 2. The summed E-state index contributed by atoms with van der Waals surface area (Å²) in [5.41, 5.74) is 16.3. The predicted molar refractivity (Wildman–Crippen MR) is 237 cm³/mol. The highest BCUT2D eigenvalue weighted by molar-refractivity contribution is 6.11. The monoisotopic (exact) mass is 714 g/mol. The second-order valence-electron chi connectivity index (χ2n) is 14.1. The van der Waals surface area contributed by atoms with Gasteiger partial charge < -0.3 is 9.47 Å². The van der Waals surface area contributed by atoms with E-state index in [-0.39, 0.29) is 0 Å². The van der Waals surface area contributed by atoms with E-state index in [1.807, 2.05) is 0 Å². The molecule has 0 bridgehead atoms. The Bertz CT molecular complexity index is 2770. The molecule has 9 aromatic carbocycles. The number of nitrogens with zero attached hydrogens (tertiary/aromatic N) is 2. The fourth-order valence-electron chi connectivity index (χ4n) is 8.14. The van der Waals surface area contributed by atoms with Gasteiger partial charge >= 0.3 is 0 Å². The van der Waals surface area contributed by atoms with Crippen molar-refractivity contribution < 1.29 is 0 Å². The van der Waals surface area contributed by atoms with Crippen LogP contribution in [0, 0.1) is 0 Å². The van der Waals surface area contributed by atoms with E-state index in [2.05, 4.69) is 240 Å². The predicted octanol–water partition coefficient (Wildman–Crippen LogP) is 14.9. The van der Waals surface area contributed by atoms with Crippen LogP contribution in [-0.4, -0.2) is 4.57 Å². The molecular formula is C54H38N2. The van der Waals surface area contributed by atoms with E-state index in [0.717, 1.165) is 22.6 Å². The highest BCUT2D eigenvalue weighted by Gasteiger charge is 2.22. The first-order valence-corrected chi connectivity index (χ1v) is 19.2. The van der Waals surface area contributed by atoms with Gasteiger partial charge in [-0.2, -0.15) is 0 Å². The summed E-state index contributed by atoms with van der Waals surface area (Å²) in [6.07, 6.45) is 0. The van der Waals surface area contributed by atoms with Crippen molar-refractivity contribution in [2.45, 2.75) is 0 Å². The summed E-state index contributed by atoms with van der Waals surface area (Å²) in [6, 6.07) is 83.1. The Morgan fingerprint density at radius 3 is 1.16 bits per heavy atom. The molecule has 10 aromatic rings. The van der Waals surface area contributed by atoms with Gasteiger partial charge in [-0.3, -0.25) is 0 Å². The lowest BCUT2D eigenvalue weighted by atomic mass is 9.95. The zero-order chi connectivity index (χ0) is 37.3. The first kappa shape index (κ1) is 33.2. The van der Waals surface area contributed by atoms with E-state index in [1.165, 1.54) is 66.5 Å². The average Bonchev–Trinajstić information content (AvgIpc) is 3.61. The minimum Gasteiger partial charge on any atom is -0.310 e. The normalized spacial score (nSPS) is 11.2. The summed E-state index contributed by atoms with van der Waals surface area (Å²) < 4.78 is 2.49. The Hall–Kier alpha value is -7.42. The SMILES string of the molecule is c1ccc(-c2ccc(N(c3ccc(-c4ccccc4)cc3)c3ccc4c5ccccc5n(-c5c(-c6ccccc6)cccc5-c5ccccc5)c4c3)cc2)cc1. The molecule has 0 saturated carbocycles. The Labute approximate surface area is 327 Å². The van der Waals surface area contributed by atoms with Crippen molar-refractivity contribution in [1.29, 1.82) is 0 Å². The molecule has 0 radical (unpaired) electrons. The van der Waals surface area contributed by atoms with Crippen LogP contribution in [0.3, 0.4) is 0 Å². The Morgan fingerprint density at radius 1 is 0.268 bits per heavy atom. The van der Waals surface area contributed by atoms with Crippen LogP contribution in [0.25, 0.3) is 72.0 Å². The zero-order valence-electron chi connectivity index (χ0n) is 30.8. The van der Waals surface area contributed by atoms with Crippen molar-refractivity contribution in [3.05, 3.63) is 231 Å². The molecule has 0 fully saturated rings. The average molecular weight is 715 g/mol. The van der Waals surface area contributed by atoms with Gasteiger partial charge in [-0.25, -0.2) is 0 Å². The van der Waals surface area contributed by atoms with Crippen LogP contribution in [0.5, 0.6) is 0 Å². The number of fused-ring (bicyclic) bond motifs is 3. The van der Waals surface area contributed by atoms with Crippen molar-refractivity contribution in [2.75, 3.05) is 4.90 Å². The summed E-state index contributed by atoms with van der Waals surface area (Å²) in [5, 5.41) is 2.44. The van der Waals surface area contributed by atoms with Crippen molar-refractivity contribution >= 4 is 38.9 Å². The van der Waals surface area contributed by atoms with Gasteiger partial charge in [-0.05, 0) is 75.8 Å². The van der Waals surface area contributed by atoms with Crippen LogP contribution in [-0.2, 0) is 0 Å². The van der Waals surface area contributed by atoms with Gasteiger partial charge in [0.1, 0.15) is 0 Å². The van der Waals surface area contributed by atoms with Crippen LogP contribution in [0.4, 0.5) is 17.1 Å². The molecule has 10 rings (SSSR count). The van der Waals surface area contributed by atoms with E-state index >= 15 is 0 Å². The van der Waals surface area contributed by atoms with Crippen molar-refractivity contribution in [2.24, 2.45) is 0 Å².